The van der Waals surface area contributed by atoms with Gasteiger partial charge in [-0.25, -0.2) is 9.37 Å². The Balaban J connectivity index is 1.35. The van der Waals surface area contributed by atoms with E-state index < -0.39 is 0 Å². The second-order valence-electron chi connectivity index (χ2n) is 7.12. The number of carbonyl (C=O) groups is 1. The van der Waals surface area contributed by atoms with Crippen LogP contribution in [0.25, 0.3) is 0 Å². The highest BCUT2D eigenvalue weighted by Crippen LogP contribution is 2.29. The maximum Gasteiger partial charge on any atom is 0.246 e. The fourth-order valence-corrected chi connectivity index (χ4v) is 3.09. The predicted molar refractivity (Wildman–Crippen MR) is 113 cm³/mol. The number of nitrogens with zero attached hydrogens (tertiary/aromatic N) is 3. The summed E-state index contributed by atoms with van der Waals surface area (Å²) in [4.78, 5) is 22.5. The SMILES string of the molecule is C[C@H]1C(=O)Nc2cnc(NCc3ccc(OCc4cccc(F)c4)cc3)nc2N1C. The number of fused-ring (bicyclic) bond motifs is 1. The zero-order chi connectivity index (χ0) is 21.1. The molecule has 0 bridgehead atoms. The molecule has 0 saturated carbocycles. The highest BCUT2D eigenvalue weighted by molar-refractivity contribution is 6.02. The maximum absolute atomic E-state index is 13.2. The Morgan fingerprint density at radius 1 is 1.20 bits per heavy atom. The van der Waals surface area contributed by atoms with E-state index in [1.54, 1.807) is 12.3 Å². The van der Waals surface area contributed by atoms with Gasteiger partial charge < -0.3 is 20.3 Å². The van der Waals surface area contributed by atoms with Crippen molar-refractivity contribution in [2.75, 3.05) is 22.6 Å². The van der Waals surface area contributed by atoms with Gasteiger partial charge in [0.2, 0.25) is 11.9 Å². The molecule has 2 N–H and O–H groups in total. The summed E-state index contributed by atoms with van der Waals surface area (Å²) in [5.74, 6) is 1.52. The van der Waals surface area contributed by atoms with Gasteiger partial charge in [-0.05, 0) is 42.3 Å². The molecular weight excluding hydrogens is 385 g/mol. The van der Waals surface area contributed by atoms with Crippen LogP contribution in [0.3, 0.4) is 0 Å². The zero-order valence-electron chi connectivity index (χ0n) is 16.7. The van der Waals surface area contributed by atoms with Gasteiger partial charge in [0, 0.05) is 13.6 Å². The van der Waals surface area contributed by atoms with Crippen molar-refractivity contribution in [2.45, 2.75) is 26.1 Å². The van der Waals surface area contributed by atoms with Crippen LogP contribution < -0.4 is 20.3 Å². The Labute approximate surface area is 173 Å². The topological polar surface area (TPSA) is 79.4 Å². The molecule has 0 radical (unpaired) electrons. The summed E-state index contributed by atoms with van der Waals surface area (Å²) in [5, 5.41) is 6.00. The molecular formula is C22H22FN5O2. The Morgan fingerprint density at radius 2 is 2.00 bits per heavy atom. The van der Waals surface area contributed by atoms with Gasteiger partial charge >= 0.3 is 0 Å². The number of nitrogens with one attached hydrogen (secondary N) is 2. The Morgan fingerprint density at radius 3 is 2.77 bits per heavy atom. The maximum atomic E-state index is 13.2. The molecule has 4 rings (SSSR count). The van der Waals surface area contributed by atoms with Crippen LogP contribution in [0, 0.1) is 5.82 Å². The van der Waals surface area contributed by atoms with E-state index in [0.717, 1.165) is 11.1 Å². The number of rotatable bonds is 6. The van der Waals surface area contributed by atoms with Crippen molar-refractivity contribution >= 4 is 23.4 Å². The van der Waals surface area contributed by atoms with Crippen LogP contribution in [0.5, 0.6) is 5.75 Å². The molecule has 1 aromatic heterocycles. The summed E-state index contributed by atoms with van der Waals surface area (Å²) >= 11 is 0. The van der Waals surface area contributed by atoms with Crippen molar-refractivity contribution in [1.29, 1.82) is 0 Å². The number of benzene rings is 2. The van der Waals surface area contributed by atoms with Gasteiger partial charge in [0.05, 0.1) is 6.20 Å². The van der Waals surface area contributed by atoms with Crippen molar-refractivity contribution in [3.8, 4) is 5.75 Å². The van der Waals surface area contributed by atoms with Crippen molar-refractivity contribution in [3.63, 3.8) is 0 Å². The number of hydrogen-bond donors (Lipinski definition) is 2. The first-order valence-electron chi connectivity index (χ1n) is 9.60. The molecule has 1 atom stereocenters. The van der Waals surface area contributed by atoms with E-state index in [2.05, 4.69) is 20.6 Å². The van der Waals surface area contributed by atoms with Gasteiger partial charge in [0.15, 0.2) is 5.82 Å². The molecule has 0 aliphatic carbocycles. The zero-order valence-corrected chi connectivity index (χ0v) is 16.7. The van der Waals surface area contributed by atoms with E-state index in [9.17, 15) is 9.18 Å². The van der Waals surface area contributed by atoms with Crippen LogP contribution in [-0.2, 0) is 17.9 Å². The molecule has 1 aliphatic heterocycles. The Hall–Kier alpha value is -3.68. The lowest BCUT2D eigenvalue weighted by molar-refractivity contribution is -0.117. The minimum Gasteiger partial charge on any atom is -0.489 e. The highest BCUT2D eigenvalue weighted by Gasteiger charge is 2.28. The average Bonchev–Trinajstić information content (AvgIpc) is 2.76. The van der Waals surface area contributed by atoms with Crippen LogP contribution in [0.4, 0.5) is 21.8 Å². The Bertz CT molecular complexity index is 1060. The van der Waals surface area contributed by atoms with Gasteiger partial charge in [0.1, 0.15) is 29.9 Å². The quantitative estimate of drug-likeness (QED) is 0.650. The molecule has 1 amide bonds. The molecule has 0 fully saturated rings. The first-order valence-corrected chi connectivity index (χ1v) is 9.60. The fraction of sp³-hybridized carbons (Fsp3) is 0.227. The minimum absolute atomic E-state index is 0.0750. The number of ether oxygens (including phenoxy) is 1. The molecule has 2 aromatic carbocycles. The number of carbonyl (C=O) groups excluding carboxylic acids is 1. The number of likely N-dealkylation sites (N-methyl/N-ethyl adjacent to an activating group) is 1. The normalized spacial score (nSPS) is 15.4. The summed E-state index contributed by atoms with van der Waals surface area (Å²) in [6.07, 6.45) is 1.61. The van der Waals surface area contributed by atoms with Gasteiger partial charge in [-0.2, -0.15) is 4.98 Å². The third kappa shape index (κ3) is 4.32. The minimum atomic E-state index is -0.292. The van der Waals surface area contributed by atoms with Gasteiger partial charge in [0.25, 0.3) is 0 Å². The lowest BCUT2D eigenvalue weighted by atomic mass is 10.2. The third-order valence-electron chi connectivity index (χ3n) is 4.99. The fourth-order valence-electron chi connectivity index (χ4n) is 3.09. The lowest BCUT2D eigenvalue weighted by Gasteiger charge is -2.31. The van der Waals surface area contributed by atoms with E-state index >= 15 is 0 Å². The summed E-state index contributed by atoms with van der Waals surface area (Å²) in [7, 11) is 1.83. The molecule has 0 spiro atoms. The first kappa shape index (κ1) is 19.6. The predicted octanol–water partition coefficient (Wildman–Crippen LogP) is 3.58. The molecule has 7 nitrogen and oxygen atoms in total. The summed E-state index contributed by atoms with van der Waals surface area (Å²) in [6.45, 7) is 2.67. The third-order valence-corrected chi connectivity index (χ3v) is 4.99. The molecule has 3 aromatic rings. The van der Waals surface area contributed by atoms with Crippen molar-refractivity contribution in [1.82, 2.24) is 9.97 Å². The molecule has 0 unspecified atom stereocenters. The first-order chi connectivity index (χ1) is 14.5. The van der Waals surface area contributed by atoms with E-state index in [0.29, 0.717) is 36.4 Å². The van der Waals surface area contributed by atoms with E-state index in [1.165, 1.54) is 12.1 Å². The van der Waals surface area contributed by atoms with Gasteiger partial charge in [-0.3, -0.25) is 4.79 Å². The summed E-state index contributed by atoms with van der Waals surface area (Å²) in [5.41, 5.74) is 2.41. The smallest absolute Gasteiger partial charge is 0.246 e. The number of amides is 1. The van der Waals surface area contributed by atoms with E-state index in [1.807, 2.05) is 49.2 Å². The number of aromatic nitrogens is 2. The molecule has 1 aliphatic rings. The van der Waals surface area contributed by atoms with Crippen LogP contribution in [0.15, 0.2) is 54.7 Å². The number of halogens is 1. The van der Waals surface area contributed by atoms with Crippen molar-refractivity contribution in [2.24, 2.45) is 0 Å². The summed E-state index contributed by atoms with van der Waals surface area (Å²) in [6, 6.07) is 13.7. The van der Waals surface area contributed by atoms with Crippen LogP contribution in [-0.4, -0.2) is 29.0 Å². The average molecular weight is 407 g/mol. The monoisotopic (exact) mass is 407 g/mol. The van der Waals surface area contributed by atoms with Crippen LogP contribution in [0.1, 0.15) is 18.1 Å². The highest BCUT2D eigenvalue weighted by atomic mass is 19.1. The second kappa shape index (κ2) is 8.36. The molecule has 8 heteroatoms. The van der Waals surface area contributed by atoms with Crippen LogP contribution >= 0.6 is 0 Å². The molecule has 0 saturated heterocycles. The number of hydrogen-bond acceptors (Lipinski definition) is 6. The standard InChI is InChI=1S/C22H22FN5O2/c1-14-21(29)26-19-12-25-22(27-20(19)28(14)2)24-11-15-6-8-18(9-7-15)30-13-16-4-3-5-17(23)10-16/h3-10,12,14H,11,13H2,1-2H3,(H,26,29)(H,24,25,27)/t14-/m0/s1. The van der Waals surface area contributed by atoms with Gasteiger partial charge in [-0.1, -0.05) is 24.3 Å². The van der Waals surface area contributed by atoms with Crippen LogP contribution in [0.2, 0.25) is 0 Å². The second-order valence-corrected chi connectivity index (χ2v) is 7.12. The van der Waals surface area contributed by atoms with E-state index in [-0.39, 0.29) is 17.8 Å². The van der Waals surface area contributed by atoms with E-state index in [4.69, 9.17) is 4.74 Å². The molecule has 2 heterocycles. The summed E-state index contributed by atoms with van der Waals surface area (Å²) < 4.78 is 18.9. The van der Waals surface area contributed by atoms with Gasteiger partial charge in [-0.15, -0.1) is 0 Å². The number of anilines is 3. The largest absolute Gasteiger partial charge is 0.489 e. The van der Waals surface area contributed by atoms with Crippen molar-refractivity contribution in [3.05, 3.63) is 71.7 Å². The van der Waals surface area contributed by atoms with Crippen molar-refractivity contribution < 1.29 is 13.9 Å². The Kier molecular flexibility index (Phi) is 5.47. The lowest BCUT2D eigenvalue weighted by Crippen LogP contribution is -2.44. The molecule has 154 valence electrons. The molecule has 30 heavy (non-hydrogen) atoms.